The maximum Gasteiger partial charge on any atom is 0.255 e. The number of carbonyl (C=O) groups excluding carboxylic acids is 3. The van der Waals surface area contributed by atoms with E-state index >= 15 is 0 Å². The van der Waals surface area contributed by atoms with Crippen LogP contribution in [0.2, 0.25) is 0 Å². The minimum Gasteiger partial charge on any atom is -0.497 e. The first-order valence-corrected chi connectivity index (χ1v) is 10.1. The van der Waals surface area contributed by atoms with Gasteiger partial charge in [-0.25, -0.2) is 0 Å². The first-order valence-electron chi connectivity index (χ1n) is 10.1. The molecule has 7 heteroatoms. The molecule has 1 N–H and O–H groups in total. The maximum absolute atomic E-state index is 12.9. The fraction of sp³-hybridized carbons (Fsp3) is 0.292. The van der Waals surface area contributed by atoms with Crippen LogP contribution in [0.5, 0.6) is 11.5 Å². The van der Waals surface area contributed by atoms with Crippen LogP contribution in [-0.4, -0.2) is 31.9 Å². The van der Waals surface area contributed by atoms with E-state index in [9.17, 15) is 14.4 Å². The molecule has 1 fully saturated rings. The first-order chi connectivity index (χ1) is 14.9. The monoisotopic (exact) mass is 420 g/mol. The Balaban J connectivity index is 1.51. The van der Waals surface area contributed by atoms with E-state index in [1.807, 2.05) is 13.0 Å². The molecule has 4 rings (SSSR count). The highest BCUT2D eigenvalue weighted by molar-refractivity contribution is 6.22. The number of anilines is 2. The zero-order chi connectivity index (χ0) is 22.1. The minimum atomic E-state index is -0.331. The second kappa shape index (κ2) is 8.26. The highest BCUT2D eigenvalue weighted by Crippen LogP contribution is 2.39. The molecule has 7 nitrogen and oxygen atoms in total. The van der Waals surface area contributed by atoms with Gasteiger partial charge in [-0.1, -0.05) is 11.6 Å². The third kappa shape index (κ3) is 3.79. The van der Waals surface area contributed by atoms with Crippen molar-refractivity contribution in [1.82, 2.24) is 0 Å². The Hall–Kier alpha value is -3.61. The Morgan fingerprint density at radius 1 is 1.00 bits per heavy atom. The van der Waals surface area contributed by atoms with Crippen molar-refractivity contribution in [2.75, 3.05) is 24.4 Å². The lowest BCUT2D eigenvalue weighted by Gasteiger charge is -2.18. The van der Waals surface area contributed by atoms with Gasteiger partial charge in [0.15, 0.2) is 0 Å². The van der Waals surface area contributed by atoms with Crippen LogP contribution in [0.1, 0.15) is 30.1 Å². The number of methoxy groups -OCH3 is 2. The SMILES string of the molecule is COc1ccc(NC(=O)c2ccc(N3C(=O)[C@@H]4CC=C(C)C[C@H]4C3=O)cc2)c(OC)c1. The summed E-state index contributed by atoms with van der Waals surface area (Å²) in [4.78, 5) is 39.6. The molecule has 1 aliphatic heterocycles. The molecule has 1 aliphatic carbocycles. The Morgan fingerprint density at radius 2 is 1.71 bits per heavy atom. The Morgan fingerprint density at radius 3 is 2.39 bits per heavy atom. The third-order valence-electron chi connectivity index (χ3n) is 5.87. The fourth-order valence-corrected chi connectivity index (χ4v) is 4.15. The molecule has 1 saturated heterocycles. The molecule has 2 aromatic rings. The summed E-state index contributed by atoms with van der Waals surface area (Å²) in [6, 6.07) is 11.6. The minimum absolute atomic E-state index is 0.164. The van der Waals surface area contributed by atoms with Crippen molar-refractivity contribution in [3.8, 4) is 11.5 Å². The number of hydrogen-bond donors (Lipinski definition) is 1. The van der Waals surface area contributed by atoms with Crippen LogP contribution >= 0.6 is 0 Å². The zero-order valence-corrected chi connectivity index (χ0v) is 17.7. The van der Waals surface area contributed by atoms with E-state index in [-0.39, 0.29) is 29.6 Å². The molecule has 3 amide bonds. The molecule has 0 bridgehead atoms. The van der Waals surface area contributed by atoms with E-state index < -0.39 is 0 Å². The standard InChI is InChI=1S/C24H24N2O5/c1-14-4-10-18-19(12-14)24(29)26(23(18)28)16-7-5-15(6-8-16)22(27)25-20-11-9-17(30-2)13-21(20)31-3/h4-9,11,13,18-19H,10,12H2,1-3H3,(H,25,27)/t18-,19-/m1/s1. The van der Waals surface area contributed by atoms with Crippen LogP contribution in [0.3, 0.4) is 0 Å². The molecule has 2 atom stereocenters. The Bertz CT molecular complexity index is 1070. The first kappa shape index (κ1) is 20.7. The van der Waals surface area contributed by atoms with Crippen LogP contribution in [-0.2, 0) is 9.59 Å². The number of ether oxygens (including phenoxy) is 2. The zero-order valence-electron chi connectivity index (χ0n) is 17.7. The number of carbonyl (C=O) groups is 3. The lowest BCUT2D eigenvalue weighted by Crippen LogP contribution is -2.30. The van der Waals surface area contributed by atoms with Gasteiger partial charge in [-0.05, 0) is 56.2 Å². The predicted molar refractivity (Wildman–Crippen MR) is 116 cm³/mol. The molecule has 0 aromatic heterocycles. The maximum atomic E-state index is 12.9. The number of benzene rings is 2. The second-order valence-electron chi connectivity index (χ2n) is 7.78. The largest absolute Gasteiger partial charge is 0.497 e. The van der Waals surface area contributed by atoms with Gasteiger partial charge in [-0.2, -0.15) is 0 Å². The van der Waals surface area contributed by atoms with E-state index in [1.54, 1.807) is 49.6 Å². The second-order valence-corrected chi connectivity index (χ2v) is 7.78. The third-order valence-corrected chi connectivity index (χ3v) is 5.87. The number of imide groups is 1. The highest BCUT2D eigenvalue weighted by Gasteiger charge is 2.48. The molecular weight excluding hydrogens is 396 g/mol. The summed E-state index contributed by atoms with van der Waals surface area (Å²) in [7, 11) is 3.06. The smallest absolute Gasteiger partial charge is 0.255 e. The van der Waals surface area contributed by atoms with Crippen molar-refractivity contribution in [3.63, 3.8) is 0 Å². The van der Waals surface area contributed by atoms with Gasteiger partial charge < -0.3 is 14.8 Å². The highest BCUT2D eigenvalue weighted by atomic mass is 16.5. The van der Waals surface area contributed by atoms with Crippen molar-refractivity contribution in [2.45, 2.75) is 19.8 Å². The van der Waals surface area contributed by atoms with Gasteiger partial charge in [0.2, 0.25) is 11.8 Å². The lowest BCUT2D eigenvalue weighted by atomic mass is 9.82. The van der Waals surface area contributed by atoms with Crippen LogP contribution < -0.4 is 19.7 Å². The van der Waals surface area contributed by atoms with Gasteiger partial charge in [0, 0.05) is 11.6 Å². The molecule has 160 valence electrons. The van der Waals surface area contributed by atoms with Crippen LogP contribution in [0.4, 0.5) is 11.4 Å². The topological polar surface area (TPSA) is 84.9 Å². The number of fused-ring (bicyclic) bond motifs is 1. The Labute approximate surface area is 180 Å². The van der Waals surface area contributed by atoms with Crippen LogP contribution in [0.25, 0.3) is 0 Å². The van der Waals surface area contributed by atoms with E-state index in [0.29, 0.717) is 41.3 Å². The number of nitrogens with one attached hydrogen (secondary N) is 1. The van der Waals surface area contributed by atoms with Crippen molar-refractivity contribution in [3.05, 3.63) is 59.7 Å². The van der Waals surface area contributed by atoms with Crippen LogP contribution in [0, 0.1) is 11.8 Å². The predicted octanol–water partition coefficient (Wildman–Crippen LogP) is 3.80. The average Bonchev–Trinajstić information content (AvgIpc) is 3.03. The lowest BCUT2D eigenvalue weighted by molar-refractivity contribution is -0.122. The number of nitrogens with zero attached hydrogens (tertiary/aromatic N) is 1. The summed E-state index contributed by atoms with van der Waals surface area (Å²) < 4.78 is 10.5. The molecule has 0 spiro atoms. The molecule has 2 aliphatic rings. The van der Waals surface area contributed by atoms with Crippen molar-refractivity contribution in [1.29, 1.82) is 0 Å². The van der Waals surface area contributed by atoms with Gasteiger partial charge in [0.1, 0.15) is 11.5 Å². The number of hydrogen-bond acceptors (Lipinski definition) is 5. The fourth-order valence-electron chi connectivity index (χ4n) is 4.15. The quantitative estimate of drug-likeness (QED) is 0.587. The van der Waals surface area contributed by atoms with Crippen LogP contribution in [0.15, 0.2) is 54.1 Å². The van der Waals surface area contributed by atoms with Gasteiger partial charge in [-0.3, -0.25) is 19.3 Å². The van der Waals surface area contributed by atoms with Crippen molar-refractivity contribution < 1.29 is 23.9 Å². The number of allylic oxidation sites excluding steroid dienone is 2. The van der Waals surface area contributed by atoms with E-state index in [2.05, 4.69) is 5.32 Å². The average molecular weight is 420 g/mol. The van der Waals surface area contributed by atoms with Gasteiger partial charge in [-0.15, -0.1) is 0 Å². The summed E-state index contributed by atoms with van der Waals surface area (Å²) in [5, 5.41) is 2.81. The van der Waals surface area contributed by atoms with Gasteiger partial charge >= 0.3 is 0 Å². The summed E-state index contributed by atoms with van der Waals surface area (Å²) >= 11 is 0. The number of amides is 3. The molecule has 31 heavy (non-hydrogen) atoms. The molecule has 0 unspecified atom stereocenters. The number of rotatable bonds is 5. The summed E-state index contributed by atoms with van der Waals surface area (Å²) in [5.41, 5.74) is 2.54. The molecule has 0 saturated carbocycles. The van der Waals surface area contributed by atoms with Crippen molar-refractivity contribution >= 4 is 29.1 Å². The van der Waals surface area contributed by atoms with E-state index in [0.717, 1.165) is 5.57 Å². The summed E-state index contributed by atoms with van der Waals surface area (Å²) in [6.45, 7) is 1.99. The molecule has 0 radical (unpaired) electrons. The van der Waals surface area contributed by atoms with Gasteiger partial charge in [0.05, 0.1) is 37.4 Å². The van der Waals surface area contributed by atoms with Gasteiger partial charge in [0.25, 0.3) is 5.91 Å². The Kier molecular flexibility index (Phi) is 5.50. The molecular formula is C24H24N2O5. The summed E-state index contributed by atoms with van der Waals surface area (Å²) in [6.07, 6.45) is 3.26. The van der Waals surface area contributed by atoms with Crippen molar-refractivity contribution in [2.24, 2.45) is 11.8 Å². The van der Waals surface area contributed by atoms with E-state index in [4.69, 9.17) is 9.47 Å². The molecule has 1 heterocycles. The summed E-state index contributed by atoms with van der Waals surface area (Å²) in [5.74, 6) is -0.150. The van der Waals surface area contributed by atoms with E-state index in [1.165, 1.54) is 12.0 Å². The normalized spacial score (nSPS) is 20.2. The molecule has 2 aromatic carbocycles.